The minimum Gasteiger partial charge on any atom is -0.332 e. The van der Waals surface area contributed by atoms with Gasteiger partial charge in [0, 0.05) is 23.8 Å². The minimum absolute atomic E-state index is 0.0596. The Kier molecular flexibility index (Phi) is 3.54. The Hall–Kier alpha value is -1.26. The van der Waals surface area contributed by atoms with Crippen LogP contribution in [0.25, 0.3) is 0 Å². The highest BCUT2D eigenvalue weighted by molar-refractivity contribution is 6.31. The van der Waals surface area contributed by atoms with Gasteiger partial charge in [-0.05, 0) is 31.7 Å². The first-order valence-corrected chi connectivity index (χ1v) is 5.98. The van der Waals surface area contributed by atoms with Crippen LogP contribution in [-0.2, 0) is 0 Å². The predicted octanol–water partition coefficient (Wildman–Crippen LogP) is 1.77. The highest BCUT2D eigenvalue weighted by Gasteiger charge is 2.29. The zero-order valence-corrected chi connectivity index (χ0v) is 10.7. The molecule has 1 aliphatic rings. The molecule has 92 valence electrons. The van der Waals surface area contributed by atoms with Gasteiger partial charge in [-0.2, -0.15) is 0 Å². The van der Waals surface area contributed by atoms with E-state index in [1.807, 2.05) is 32.2 Å². The second kappa shape index (κ2) is 4.94. The molecule has 1 fully saturated rings. The predicted molar refractivity (Wildman–Crippen MR) is 69.8 cm³/mol. The number of carbonyl (C=O) groups excluding carboxylic acids is 1. The number of likely N-dealkylation sites (N-methyl/N-ethyl adjacent to an activating group) is 1. The number of amides is 2. The summed E-state index contributed by atoms with van der Waals surface area (Å²) < 4.78 is 0. The van der Waals surface area contributed by atoms with Crippen LogP contribution in [-0.4, -0.2) is 32.2 Å². The first kappa shape index (κ1) is 12.2. The standard InChI is InChI=1S/C12H16ClN3O/c1-8-3-4-9(13)5-11(8)16-7-10(6-14-2)15-12(16)17/h3-5,10,14H,6-7H2,1-2H3,(H,15,17). The Morgan fingerprint density at radius 2 is 2.35 bits per heavy atom. The molecule has 0 bridgehead atoms. The average molecular weight is 254 g/mol. The summed E-state index contributed by atoms with van der Waals surface area (Å²) in [4.78, 5) is 13.6. The quantitative estimate of drug-likeness (QED) is 0.862. The Bertz CT molecular complexity index is 436. The zero-order valence-electron chi connectivity index (χ0n) is 9.96. The fourth-order valence-corrected chi connectivity index (χ4v) is 2.21. The van der Waals surface area contributed by atoms with Crippen LogP contribution >= 0.6 is 11.6 Å². The van der Waals surface area contributed by atoms with Gasteiger partial charge in [-0.1, -0.05) is 17.7 Å². The number of nitrogens with zero attached hydrogens (tertiary/aromatic N) is 1. The molecule has 1 aliphatic heterocycles. The van der Waals surface area contributed by atoms with E-state index < -0.39 is 0 Å². The summed E-state index contributed by atoms with van der Waals surface area (Å²) in [5.41, 5.74) is 1.93. The number of halogens is 1. The summed E-state index contributed by atoms with van der Waals surface area (Å²) in [6, 6.07) is 5.68. The van der Waals surface area contributed by atoms with E-state index in [9.17, 15) is 4.79 Å². The highest BCUT2D eigenvalue weighted by atomic mass is 35.5. The van der Waals surface area contributed by atoms with E-state index in [0.29, 0.717) is 11.6 Å². The third kappa shape index (κ3) is 2.53. The normalized spacial score (nSPS) is 19.6. The van der Waals surface area contributed by atoms with Crippen LogP contribution in [0.1, 0.15) is 5.56 Å². The van der Waals surface area contributed by atoms with Crippen molar-refractivity contribution in [1.82, 2.24) is 10.6 Å². The van der Waals surface area contributed by atoms with E-state index in [1.165, 1.54) is 0 Å². The number of nitrogens with one attached hydrogen (secondary N) is 2. The molecule has 1 unspecified atom stereocenters. The van der Waals surface area contributed by atoms with Gasteiger partial charge in [0.05, 0.1) is 6.04 Å². The van der Waals surface area contributed by atoms with E-state index >= 15 is 0 Å². The van der Waals surface area contributed by atoms with E-state index in [2.05, 4.69) is 10.6 Å². The number of carbonyl (C=O) groups is 1. The molecule has 1 aromatic carbocycles. The van der Waals surface area contributed by atoms with Crippen LogP contribution in [0, 0.1) is 6.92 Å². The lowest BCUT2D eigenvalue weighted by atomic mass is 10.2. The third-order valence-corrected chi connectivity index (χ3v) is 3.12. The fraction of sp³-hybridized carbons (Fsp3) is 0.417. The number of rotatable bonds is 3. The van der Waals surface area contributed by atoms with Gasteiger partial charge in [0.25, 0.3) is 0 Å². The van der Waals surface area contributed by atoms with Crippen molar-refractivity contribution in [2.75, 3.05) is 25.0 Å². The first-order valence-electron chi connectivity index (χ1n) is 5.60. The number of anilines is 1. The molecule has 0 saturated carbocycles. The van der Waals surface area contributed by atoms with Crippen LogP contribution in [0.15, 0.2) is 18.2 Å². The van der Waals surface area contributed by atoms with Gasteiger partial charge in [-0.25, -0.2) is 4.79 Å². The Morgan fingerprint density at radius 3 is 3.06 bits per heavy atom. The minimum atomic E-state index is -0.0596. The van der Waals surface area contributed by atoms with Crippen molar-refractivity contribution in [1.29, 1.82) is 0 Å². The van der Waals surface area contributed by atoms with Gasteiger partial charge in [0.15, 0.2) is 0 Å². The average Bonchev–Trinajstić information content (AvgIpc) is 2.64. The van der Waals surface area contributed by atoms with Crippen LogP contribution < -0.4 is 15.5 Å². The maximum atomic E-state index is 11.9. The molecule has 1 saturated heterocycles. The van der Waals surface area contributed by atoms with E-state index in [1.54, 1.807) is 4.90 Å². The van der Waals surface area contributed by atoms with Crippen molar-refractivity contribution in [2.24, 2.45) is 0 Å². The number of hydrogen-bond acceptors (Lipinski definition) is 2. The summed E-state index contributed by atoms with van der Waals surface area (Å²) in [6.45, 7) is 3.41. The smallest absolute Gasteiger partial charge is 0.322 e. The molecule has 1 aromatic rings. The molecule has 2 amide bonds. The highest BCUT2D eigenvalue weighted by Crippen LogP contribution is 2.26. The van der Waals surface area contributed by atoms with E-state index in [-0.39, 0.29) is 12.1 Å². The van der Waals surface area contributed by atoms with Crippen molar-refractivity contribution < 1.29 is 4.79 Å². The molecule has 1 heterocycles. The summed E-state index contributed by atoms with van der Waals surface area (Å²) in [5.74, 6) is 0. The van der Waals surface area contributed by atoms with Gasteiger partial charge in [-0.15, -0.1) is 0 Å². The van der Waals surface area contributed by atoms with Gasteiger partial charge in [0.2, 0.25) is 0 Å². The number of hydrogen-bond donors (Lipinski definition) is 2. The van der Waals surface area contributed by atoms with E-state index in [4.69, 9.17) is 11.6 Å². The molecule has 2 rings (SSSR count). The van der Waals surface area contributed by atoms with Gasteiger partial charge in [-0.3, -0.25) is 4.90 Å². The van der Waals surface area contributed by atoms with Crippen molar-refractivity contribution in [2.45, 2.75) is 13.0 Å². The number of aryl methyl sites for hydroxylation is 1. The van der Waals surface area contributed by atoms with E-state index in [0.717, 1.165) is 17.8 Å². The van der Waals surface area contributed by atoms with Crippen LogP contribution in [0.3, 0.4) is 0 Å². The maximum absolute atomic E-state index is 11.9. The topological polar surface area (TPSA) is 44.4 Å². The first-order chi connectivity index (χ1) is 8.11. The lowest BCUT2D eigenvalue weighted by molar-refractivity contribution is 0.250. The monoisotopic (exact) mass is 253 g/mol. The summed E-state index contributed by atoms with van der Waals surface area (Å²) >= 11 is 5.97. The van der Waals surface area contributed by atoms with Crippen LogP contribution in [0.4, 0.5) is 10.5 Å². The van der Waals surface area contributed by atoms with Crippen LogP contribution in [0.2, 0.25) is 5.02 Å². The summed E-state index contributed by atoms with van der Waals surface area (Å²) in [5, 5.41) is 6.64. The largest absolute Gasteiger partial charge is 0.332 e. The Morgan fingerprint density at radius 1 is 1.59 bits per heavy atom. The Labute approximate surface area is 106 Å². The SMILES string of the molecule is CNCC1CN(c2cc(Cl)ccc2C)C(=O)N1. The van der Waals surface area contributed by atoms with Crippen molar-refractivity contribution in [3.63, 3.8) is 0 Å². The number of urea groups is 1. The summed E-state index contributed by atoms with van der Waals surface area (Å²) in [6.07, 6.45) is 0. The summed E-state index contributed by atoms with van der Waals surface area (Å²) in [7, 11) is 1.87. The lowest BCUT2D eigenvalue weighted by Crippen LogP contribution is -2.35. The van der Waals surface area contributed by atoms with Crippen molar-refractivity contribution in [3.8, 4) is 0 Å². The Balaban J connectivity index is 2.22. The molecule has 0 aromatic heterocycles. The second-order valence-electron chi connectivity index (χ2n) is 4.25. The molecule has 0 spiro atoms. The molecule has 5 heteroatoms. The fourth-order valence-electron chi connectivity index (χ4n) is 2.04. The molecular formula is C12H16ClN3O. The molecule has 0 radical (unpaired) electrons. The lowest BCUT2D eigenvalue weighted by Gasteiger charge is -2.17. The van der Waals surface area contributed by atoms with Gasteiger partial charge in [0.1, 0.15) is 0 Å². The second-order valence-corrected chi connectivity index (χ2v) is 4.68. The molecule has 17 heavy (non-hydrogen) atoms. The van der Waals surface area contributed by atoms with Gasteiger partial charge < -0.3 is 10.6 Å². The molecule has 1 atom stereocenters. The molecule has 2 N–H and O–H groups in total. The van der Waals surface area contributed by atoms with Crippen molar-refractivity contribution >= 4 is 23.3 Å². The van der Waals surface area contributed by atoms with Crippen LogP contribution in [0.5, 0.6) is 0 Å². The third-order valence-electron chi connectivity index (χ3n) is 2.89. The molecule has 0 aliphatic carbocycles. The number of benzene rings is 1. The molecular weight excluding hydrogens is 238 g/mol. The zero-order chi connectivity index (χ0) is 12.4. The maximum Gasteiger partial charge on any atom is 0.322 e. The van der Waals surface area contributed by atoms with Gasteiger partial charge >= 0.3 is 6.03 Å². The van der Waals surface area contributed by atoms with Crippen molar-refractivity contribution in [3.05, 3.63) is 28.8 Å². The molecule has 4 nitrogen and oxygen atoms in total.